The van der Waals surface area contributed by atoms with Crippen LogP contribution in [0.2, 0.25) is 0 Å². The predicted octanol–water partition coefficient (Wildman–Crippen LogP) is 2.91. The van der Waals surface area contributed by atoms with Crippen LogP contribution in [0.1, 0.15) is 40.0 Å². The lowest BCUT2D eigenvalue weighted by Crippen LogP contribution is -2.38. The summed E-state index contributed by atoms with van der Waals surface area (Å²) in [6, 6.07) is 12.6. The molecule has 10 heteroatoms. The van der Waals surface area contributed by atoms with Crippen LogP contribution in [-0.2, 0) is 25.8 Å². The van der Waals surface area contributed by atoms with E-state index in [9.17, 15) is 18.0 Å². The summed E-state index contributed by atoms with van der Waals surface area (Å²) in [6.07, 6.45) is 3.71. The second-order valence-electron chi connectivity index (χ2n) is 9.36. The van der Waals surface area contributed by atoms with Gasteiger partial charge in [-0.25, -0.2) is 18.2 Å². The molecule has 0 bridgehead atoms. The molecule has 3 heterocycles. The molecule has 1 atom stereocenters. The quantitative estimate of drug-likeness (QED) is 0.510. The predicted molar refractivity (Wildman–Crippen MR) is 136 cm³/mol. The number of carbonyl (C=O) groups excluding carboxylic acids is 2. The van der Waals surface area contributed by atoms with Gasteiger partial charge in [0, 0.05) is 11.4 Å². The number of hydrogen-bond acceptors (Lipinski definition) is 8. The van der Waals surface area contributed by atoms with E-state index in [1.165, 1.54) is 0 Å². The molecule has 3 aromatic rings. The lowest BCUT2D eigenvalue weighted by atomic mass is 10.0. The van der Waals surface area contributed by atoms with Gasteiger partial charge >= 0.3 is 5.97 Å². The molecule has 0 saturated carbocycles. The van der Waals surface area contributed by atoms with Crippen molar-refractivity contribution in [2.75, 3.05) is 24.9 Å². The molecule has 1 saturated heterocycles. The summed E-state index contributed by atoms with van der Waals surface area (Å²) in [5.41, 5.74) is 4.53. The molecule has 9 nitrogen and oxygen atoms in total. The van der Waals surface area contributed by atoms with Crippen LogP contribution in [0.5, 0.6) is 11.5 Å². The minimum Gasteiger partial charge on any atom is -0.454 e. The minimum absolute atomic E-state index is 0.0506. The minimum atomic E-state index is -3.13. The number of fused-ring (bicyclic) bond motifs is 3. The fraction of sp³-hybridized carbons (Fsp3) is 0.296. The Bertz CT molecular complexity index is 1580. The van der Waals surface area contributed by atoms with E-state index in [1.54, 1.807) is 0 Å². The Hall–Kier alpha value is -3.92. The fourth-order valence-corrected chi connectivity index (χ4v) is 6.77. The molecule has 3 aliphatic rings. The summed E-state index contributed by atoms with van der Waals surface area (Å²) in [4.78, 5) is 30.5. The number of carbonyl (C=O) groups is 2. The van der Waals surface area contributed by atoms with Gasteiger partial charge in [0.1, 0.15) is 0 Å². The highest BCUT2D eigenvalue weighted by molar-refractivity contribution is 7.91. The molecule has 1 aliphatic carbocycles. The molecule has 1 amide bonds. The number of hydrogen-bond donors (Lipinski definition) is 1. The van der Waals surface area contributed by atoms with Gasteiger partial charge in [0.05, 0.1) is 28.3 Å². The van der Waals surface area contributed by atoms with E-state index < -0.39 is 34.4 Å². The first-order valence-corrected chi connectivity index (χ1v) is 13.9. The van der Waals surface area contributed by atoms with Gasteiger partial charge in [-0.05, 0) is 60.2 Å². The van der Waals surface area contributed by atoms with Gasteiger partial charge in [0.25, 0.3) is 5.91 Å². The molecular weight excluding hydrogens is 496 g/mol. The van der Waals surface area contributed by atoms with Crippen LogP contribution in [0.25, 0.3) is 22.6 Å². The Morgan fingerprint density at radius 3 is 2.78 bits per heavy atom. The Kier molecular flexibility index (Phi) is 5.83. The van der Waals surface area contributed by atoms with Crippen LogP contribution < -0.4 is 14.8 Å². The molecule has 1 N–H and O–H groups in total. The van der Waals surface area contributed by atoms with Crippen LogP contribution in [-0.4, -0.2) is 56.2 Å². The first-order chi connectivity index (χ1) is 17.9. The average Bonchev–Trinajstić information content (AvgIpc) is 3.59. The maximum atomic E-state index is 13.3. The van der Waals surface area contributed by atoms with Gasteiger partial charge < -0.3 is 19.5 Å². The van der Waals surface area contributed by atoms with Crippen LogP contribution in [0, 0.1) is 0 Å². The molecule has 190 valence electrons. The molecule has 1 aromatic heterocycles. The van der Waals surface area contributed by atoms with Gasteiger partial charge in [-0.3, -0.25) is 4.79 Å². The second-order valence-corrected chi connectivity index (χ2v) is 11.6. The Morgan fingerprint density at radius 1 is 1.11 bits per heavy atom. The topological polar surface area (TPSA) is 121 Å². The van der Waals surface area contributed by atoms with Crippen molar-refractivity contribution in [1.82, 2.24) is 10.3 Å². The van der Waals surface area contributed by atoms with Crippen molar-refractivity contribution in [1.29, 1.82) is 0 Å². The number of sulfone groups is 1. The van der Waals surface area contributed by atoms with Crippen LogP contribution >= 0.6 is 0 Å². The van der Waals surface area contributed by atoms with Crippen molar-refractivity contribution >= 4 is 44.3 Å². The molecule has 6 rings (SSSR count). The first-order valence-electron chi connectivity index (χ1n) is 12.1. The van der Waals surface area contributed by atoms with E-state index in [-0.39, 0.29) is 18.3 Å². The highest BCUT2D eigenvalue weighted by atomic mass is 32.2. The molecule has 0 spiro atoms. The number of allylic oxidation sites excluding steroid dienone is 1. The lowest BCUT2D eigenvalue weighted by molar-refractivity contribution is -0.124. The third-order valence-electron chi connectivity index (χ3n) is 6.82. The molecule has 2 aliphatic heterocycles. The SMILES string of the molecule is O=C(COC(=O)c1c2c(nc3ccccc13)/C(=C/c1ccc3c(c1)OCO3)CC2)NC1CCS(=O)(=O)C1. The number of benzene rings is 2. The number of aromatic nitrogens is 1. The number of nitrogens with one attached hydrogen (secondary N) is 1. The summed E-state index contributed by atoms with van der Waals surface area (Å²) in [5.74, 6) is 0.239. The summed E-state index contributed by atoms with van der Waals surface area (Å²) in [6.45, 7) is -0.282. The molecular formula is C27H24N2O7S. The van der Waals surface area contributed by atoms with Crippen molar-refractivity contribution < 1.29 is 32.2 Å². The number of para-hydroxylation sites is 1. The second kappa shape index (κ2) is 9.19. The number of rotatable bonds is 5. The van der Waals surface area contributed by atoms with Crippen molar-refractivity contribution in [3.8, 4) is 11.5 Å². The van der Waals surface area contributed by atoms with Crippen molar-refractivity contribution in [3.05, 3.63) is 64.8 Å². The van der Waals surface area contributed by atoms with Gasteiger partial charge in [-0.1, -0.05) is 24.3 Å². The average molecular weight is 521 g/mol. The summed E-state index contributed by atoms with van der Waals surface area (Å²) in [5, 5.41) is 3.31. The van der Waals surface area contributed by atoms with Crippen molar-refractivity contribution in [3.63, 3.8) is 0 Å². The standard InChI is InChI=1S/C27H24N2O7S/c30-24(28-18-9-10-37(32,33)14-18)13-34-27(31)25-19-3-1-2-4-21(19)29-26-17(6-7-20(25)26)11-16-5-8-22-23(12-16)36-15-35-22/h1-5,8,11-12,18H,6-7,9-10,13-15H2,(H,28,30)/b17-11+. The maximum absolute atomic E-state index is 13.3. The van der Waals surface area contributed by atoms with E-state index in [0.717, 1.165) is 22.4 Å². The van der Waals surface area contributed by atoms with Gasteiger partial charge in [-0.15, -0.1) is 0 Å². The maximum Gasteiger partial charge on any atom is 0.339 e. The summed E-state index contributed by atoms with van der Waals surface area (Å²) >= 11 is 0. The van der Waals surface area contributed by atoms with Crippen molar-refractivity contribution in [2.45, 2.75) is 25.3 Å². The lowest BCUT2D eigenvalue weighted by Gasteiger charge is -2.14. The first kappa shape index (κ1) is 23.5. The van der Waals surface area contributed by atoms with Crippen LogP contribution in [0.15, 0.2) is 42.5 Å². The summed E-state index contributed by atoms with van der Waals surface area (Å²) in [7, 11) is -3.13. The van der Waals surface area contributed by atoms with E-state index in [1.807, 2.05) is 48.5 Å². The zero-order valence-electron chi connectivity index (χ0n) is 19.9. The monoisotopic (exact) mass is 520 g/mol. The van der Waals surface area contributed by atoms with E-state index in [2.05, 4.69) is 5.32 Å². The normalized spacial score (nSPS) is 20.2. The zero-order valence-corrected chi connectivity index (χ0v) is 20.7. The number of amides is 1. The zero-order chi connectivity index (χ0) is 25.6. The van der Waals surface area contributed by atoms with Gasteiger partial charge in [0.15, 0.2) is 27.9 Å². The third kappa shape index (κ3) is 4.64. The molecule has 2 aromatic carbocycles. The molecule has 1 unspecified atom stereocenters. The Balaban J connectivity index is 1.27. The number of ether oxygens (including phenoxy) is 3. The Morgan fingerprint density at radius 2 is 1.95 bits per heavy atom. The van der Waals surface area contributed by atoms with Crippen molar-refractivity contribution in [2.24, 2.45) is 0 Å². The van der Waals surface area contributed by atoms with Gasteiger partial charge in [-0.2, -0.15) is 0 Å². The third-order valence-corrected chi connectivity index (χ3v) is 8.58. The van der Waals surface area contributed by atoms with Gasteiger partial charge in [0.2, 0.25) is 6.79 Å². The summed E-state index contributed by atoms with van der Waals surface area (Å²) < 4.78 is 39.6. The van der Waals surface area contributed by atoms with Crippen LogP contribution in [0.4, 0.5) is 0 Å². The highest BCUT2D eigenvalue weighted by Crippen LogP contribution is 2.39. The largest absolute Gasteiger partial charge is 0.454 e. The molecule has 1 fully saturated rings. The van der Waals surface area contributed by atoms with E-state index in [4.69, 9.17) is 19.2 Å². The number of pyridine rings is 1. The molecule has 0 radical (unpaired) electrons. The highest BCUT2D eigenvalue weighted by Gasteiger charge is 2.30. The Labute approximate surface area is 213 Å². The van der Waals surface area contributed by atoms with E-state index in [0.29, 0.717) is 47.2 Å². The molecule has 37 heavy (non-hydrogen) atoms. The number of esters is 1. The smallest absolute Gasteiger partial charge is 0.339 e. The van der Waals surface area contributed by atoms with Crippen LogP contribution in [0.3, 0.4) is 0 Å². The fourth-order valence-electron chi connectivity index (χ4n) is 5.10. The van der Waals surface area contributed by atoms with E-state index >= 15 is 0 Å². The number of nitrogens with zero attached hydrogens (tertiary/aromatic N) is 1.